The van der Waals surface area contributed by atoms with Crippen molar-refractivity contribution >= 4 is 27.3 Å². The molecule has 19 heavy (non-hydrogen) atoms. The van der Waals surface area contributed by atoms with Gasteiger partial charge >= 0.3 is 0 Å². The summed E-state index contributed by atoms with van der Waals surface area (Å²) in [7, 11) is 0. The first-order valence-electron chi connectivity index (χ1n) is 6.60. The molecule has 1 aliphatic heterocycles. The summed E-state index contributed by atoms with van der Waals surface area (Å²) >= 11 is 1.61. The van der Waals surface area contributed by atoms with E-state index >= 15 is 0 Å². The van der Waals surface area contributed by atoms with Gasteiger partial charge in [0.1, 0.15) is 0 Å². The number of nitrogens with zero attached hydrogens (tertiary/aromatic N) is 1. The first kappa shape index (κ1) is 12.6. The third kappa shape index (κ3) is 2.05. The van der Waals surface area contributed by atoms with Crippen molar-refractivity contribution in [1.29, 1.82) is 0 Å². The molecule has 0 bridgehead atoms. The van der Waals surface area contributed by atoms with E-state index in [2.05, 4.69) is 0 Å². The predicted octanol–water partition coefficient (Wildman–Crippen LogP) is 2.74. The van der Waals surface area contributed by atoms with Gasteiger partial charge in [0, 0.05) is 40.6 Å². The van der Waals surface area contributed by atoms with Gasteiger partial charge in [-0.2, -0.15) is 0 Å². The summed E-state index contributed by atoms with van der Waals surface area (Å²) in [6.45, 7) is 2.94. The number of likely N-dealkylation sites (tertiary alicyclic amines) is 1. The van der Waals surface area contributed by atoms with E-state index in [9.17, 15) is 9.90 Å². The highest BCUT2D eigenvalue weighted by molar-refractivity contribution is 7.17. The van der Waals surface area contributed by atoms with Gasteiger partial charge in [-0.25, -0.2) is 0 Å². The van der Waals surface area contributed by atoms with E-state index < -0.39 is 0 Å². The highest BCUT2D eigenvalue weighted by atomic mass is 32.1. The van der Waals surface area contributed by atoms with Crippen molar-refractivity contribution in [2.75, 3.05) is 13.2 Å². The lowest BCUT2D eigenvalue weighted by Gasteiger charge is -2.23. The minimum Gasteiger partial charge on any atom is -0.396 e. The summed E-state index contributed by atoms with van der Waals surface area (Å²) in [4.78, 5) is 14.5. The number of aliphatic hydroxyl groups is 1. The van der Waals surface area contributed by atoms with Crippen molar-refractivity contribution < 1.29 is 9.90 Å². The van der Waals surface area contributed by atoms with E-state index in [0.717, 1.165) is 28.6 Å². The fourth-order valence-electron chi connectivity index (χ4n) is 2.83. The topological polar surface area (TPSA) is 40.5 Å². The van der Waals surface area contributed by atoms with Crippen molar-refractivity contribution in [2.45, 2.75) is 19.4 Å². The maximum Gasteiger partial charge on any atom is 0.255 e. The zero-order chi connectivity index (χ0) is 13.4. The van der Waals surface area contributed by atoms with Crippen molar-refractivity contribution in [1.82, 2.24) is 4.90 Å². The van der Waals surface area contributed by atoms with Crippen LogP contribution in [0.2, 0.25) is 0 Å². The number of carbonyl (C=O) groups excluding carboxylic acids is 1. The van der Waals surface area contributed by atoms with Crippen LogP contribution in [0, 0.1) is 5.92 Å². The molecule has 1 aromatic heterocycles. The van der Waals surface area contributed by atoms with Crippen LogP contribution in [0.3, 0.4) is 0 Å². The smallest absolute Gasteiger partial charge is 0.255 e. The van der Waals surface area contributed by atoms with Crippen LogP contribution >= 0.6 is 11.3 Å². The SMILES string of the molecule is C[C@@H]1[C@H](CO)CCN1C(=O)c1csc2ccccc12. The second kappa shape index (κ2) is 4.94. The first-order chi connectivity index (χ1) is 9.22. The van der Waals surface area contributed by atoms with Crippen LogP contribution in [0.1, 0.15) is 23.7 Å². The molecule has 1 amide bonds. The number of thiophene rings is 1. The summed E-state index contributed by atoms with van der Waals surface area (Å²) in [5.74, 6) is 0.315. The van der Waals surface area contributed by atoms with Gasteiger partial charge in [0.25, 0.3) is 5.91 Å². The Morgan fingerprint density at radius 2 is 2.26 bits per heavy atom. The molecular weight excluding hydrogens is 258 g/mol. The van der Waals surface area contributed by atoms with E-state index in [4.69, 9.17) is 0 Å². The van der Waals surface area contributed by atoms with Crippen molar-refractivity contribution in [3.05, 3.63) is 35.2 Å². The molecule has 0 unspecified atom stereocenters. The molecule has 100 valence electrons. The van der Waals surface area contributed by atoms with Gasteiger partial charge in [0.15, 0.2) is 0 Å². The quantitative estimate of drug-likeness (QED) is 0.915. The Morgan fingerprint density at radius 3 is 3.00 bits per heavy atom. The Bertz CT molecular complexity index is 607. The molecule has 1 aliphatic rings. The standard InChI is InChI=1S/C15H17NO2S/c1-10-11(8-17)6-7-16(10)15(18)13-9-19-14-5-3-2-4-12(13)14/h2-5,9-11,17H,6-8H2,1H3/t10-,11+/m1/s1. The van der Waals surface area contributed by atoms with Gasteiger partial charge in [0.2, 0.25) is 0 Å². The van der Waals surface area contributed by atoms with Crippen molar-refractivity contribution in [2.24, 2.45) is 5.92 Å². The molecule has 2 heterocycles. The molecule has 1 saturated heterocycles. The number of aliphatic hydroxyl groups excluding tert-OH is 1. The number of hydrogen-bond acceptors (Lipinski definition) is 3. The Morgan fingerprint density at radius 1 is 1.47 bits per heavy atom. The molecule has 1 fully saturated rings. The molecular formula is C15H17NO2S. The monoisotopic (exact) mass is 275 g/mol. The maximum absolute atomic E-state index is 12.6. The van der Waals surface area contributed by atoms with Gasteiger partial charge in [-0.1, -0.05) is 18.2 Å². The van der Waals surface area contributed by atoms with Crippen molar-refractivity contribution in [3.8, 4) is 0 Å². The highest BCUT2D eigenvalue weighted by Crippen LogP contribution is 2.30. The van der Waals surface area contributed by atoms with Crippen LogP contribution in [-0.2, 0) is 0 Å². The van der Waals surface area contributed by atoms with E-state index in [-0.39, 0.29) is 24.5 Å². The van der Waals surface area contributed by atoms with Gasteiger partial charge in [-0.3, -0.25) is 4.79 Å². The maximum atomic E-state index is 12.6. The van der Waals surface area contributed by atoms with Crippen LogP contribution < -0.4 is 0 Å². The van der Waals surface area contributed by atoms with Crippen molar-refractivity contribution in [3.63, 3.8) is 0 Å². The zero-order valence-electron chi connectivity index (χ0n) is 10.9. The summed E-state index contributed by atoms with van der Waals surface area (Å²) in [5, 5.41) is 12.3. The molecule has 3 rings (SSSR count). The Hall–Kier alpha value is -1.39. The summed E-state index contributed by atoms with van der Waals surface area (Å²) in [6, 6.07) is 8.13. The normalized spacial score (nSPS) is 23.2. The van der Waals surface area contributed by atoms with Crippen LogP contribution in [-0.4, -0.2) is 35.1 Å². The third-order valence-corrected chi connectivity index (χ3v) is 5.08. The molecule has 0 radical (unpaired) electrons. The van der Waals surface area contributed by atoms with Gasteiger partial charge in [-0.15, -0.1) is 11.3 Å². The summed E-state index contributed by atoms with van der Waals surface area (Å²) in [5.41, 5.74) is 0.797. The van der Waals surface area contributed by atoms with Crippen LogP contribution in [0.5, 0.6) is 0 Å². The molecule has 2 aromatic rings. The number of fused-ring (bicyclic) bond motifs is 1. The number of hydrogen-bond donors (Lipinski definition) is 1. The van der Waals surface area contributed by atoms with Gasteiger partial charge in [0.05, 0.1) is 5.56 Å². The Balaban J connectivity index is 1.92. The van der Waals surface area contributed by atoms with E-state index in [1.807, 2.05) is 41.5 Å². The lowest BCUT2D eigenvalue weighted by atomic mass is 10.0. The minimum atomic E-state index is 0.0981. The lowest BCUT2D eigenvalue weighted by Crippen LogP contribution is -2.36. The summed E-state index contributed by atoms with van der Waals surface area (Å²) < 4.78 is 1.15. The first-order valence-corrected chi connectivity index (χ1v) is 7.48. The minimum absolute atomic E-state index is 0.0981. The van der Waals surface area contributed by atoms with E-state index in [0.29, 0.717) is 0 Å². The Labute approximate surface area is 116 Å². The lowest BCUT2D eigenvalue weighted by molar-refractivity contribution is 0.0719. The summed E-state index contributed by atoms with van der Waals surface area (Å²) in [6.07, 6.45) is 0.894. The molecule has 4 heteroatoms. The van der Waals surface area contributed by atoms with Gasteiger partial charge < -0.3 is 10.0 Å². The average molecular weight is 275 g/mol. The van der Waals surface area contributed by atoms with E-state index in [1.165, 1.54) is 0 Å². The molecule has 0 saturated carbocycles. The third-order valence-electron chi connectivity index (χ3n) is 4.12. The molecule has 2 atom stereocenters. The fourth-order valence-corrected chi connectivity index (χ4v) is 3.77. The molecule has 3 nitrogen and oxygen atoms in total. The second-order valence-electron chi connectivity index (χ2n) is 5.12. The Kier molecular flexibility index (Phi) is 3.29. The van der Waals surface area contributed by atoms with Crippen LogP contribution in [0.4, 0.5) is 0 Å². The number of amides is 1. The fraction of sp³-hybridized carbons (Fsp3) is 0.400. The predicted molar refractivity (Wildman–Crippen MR) is 77.5 cm³/mol. The number of carbonyl (C=O) groups is 1. The second-order valence-corrected chi connectivity index (χ2v) is 6.03. The van der Waals surface area contributed by atoms with Gasteiger partial charge in [-0.05, 0) is 19.4 Å². The number of rotatable bonds is 2. The largest absolute Gasteiger partial charge is 0.396 e. The number of benzene rings is 1. The zero-order valence-corrected chi connectivity index (χ0v) is 11.7. The molecule has 1 N–H and O–H groups in total. The van der Waals surface area contributed by atoms with Crippen LogP contribution in [0.25, 0.3) is 10.1 Å². The molecule has 0 aliphatic carbocycles. The van der Waals surface area contributed by atoms with Crippen LogP contribution in [0.15, 0.2) is 29.6 Å². The highest BCUT2D eigenvalue weighted by Gasteiger charge is 2.34. The average Bonchev–Trinajstić information content (AvgIpc) is 3.01. The molecule has 0 spiro atoms. The van der Waals surface area contributed by atoms with E-state index in [1.54, 1.807) is 11.3 Å². The molecule has 1 aromatic carbocycles.